The molecule has 0 spiro atoms. The third kappa shape index (κ3) is 5.57. The second-order valence-electron chi connectivity index (χ2n) is 3.65. The number of sulfone groups is 1. The van der Waals surface area contributed by atoms with E-state index in [-0.39, 0.29) is 23.7 Å². The van der Waals surface area contributed by atoms with Gasteiger partial charge in [-0.1, -0.05) is 0 Å². The first kappa shape index (κ1) is 13.9. The van der Waals surface area contributed by atoms with E-state index in [4.69, 9.17) is 4.74 Å². The van der Waals surface area contributed by atoms with Gasteiger partial charge in [-0.2, -0.15) is 0 Å². The zero-order valence-electron chi connectivity index (χ0n) is 9.41. The van der Waals surface area contributed by atoms with E-state index in [1.165, 1.54) is 0 Å². The van der Waals surface area contributed by atoms with Gasteiger partial charge < -0.3 is 10.1 Å². The maximum absolute atomic E-state index is 11.4. The Morgan fingerprint density at radius 3 is 2.29 bits per heavy atom. The Hall–Kier alpha value is -0.130. The highest BCUT2D eigenvalue weighted by Crippen LogP contribution is 2.01. The molecule has 0 saturated heterocycles. The molecule has 0 aliphatic carbocycles. The molecule has 1 N–H and O–H groups in total. The summed E-state index contributed by atoms with van der Waals surface area (Å²) in [5, 5.41) is 2.65. The molecule has 0 fully saturated rings. The molecule has 4 nitrogen and oxygen atoms in total. The molecule has 1 unspecified atom stereocenters. The Morgan fingerprint density at radius 1 is 1.29 bits per heavy atom. The van der Waals surface area contributed by atoms with Crippen LogP contribution in [0.1, 0.15) is 20.8 Å². The second kappa shape index (κ2) is 6.37. The van der Waals surface area contributed by atoms with E-state index in [0.29, 0.717) is 0 Å². The van der Waals surface area contributed by atoms with Crippen LogP contribution in [-0.2, 0) is 14.6 Å². The average molecular weight is 223 g/mol. The lowest BCUT2D eigenvalue weighted by atomic mass is 10.4. The molecule has 14 heavy (non-hydrogen) atoms. The first-order valence-corrected chi connectivity index (χ1v) is 6.59. The van der Waals surface area contributed by atoms with Crippen LogP contribution in [0, 0.1) is 0 Å². The second-order valence-corrected chi connectivity index (χ2v) is 6.33. The molecule has 5 heteroatoms. The standard InChI is InChI=1S/C9H21NO3S/c1-8(2)14(11,12)6-5-13-9(3)7-10-4/h8-10H,5-7H2,1-4H3. The number of rotatable bonds is 7. The van der Waals surface area contributed by atoms with Crippen molar-refractivity contribution >= 4 is 9.84 Å². The van der Waals surface area contributed by atoms with Gasteiger partial charge in [-0.3, -0.25) is 0 Å². The topological polar surface area (TPSA) is 55.4 Å². The monoisotopic (exact) mass is 223 g/mol. The zero-order valence-corrected chi connectivity index (χ0v) is 10.2. The molecule has 0 aromatic heterocycles. The summed E-state index contributed by atoms with van der Waals surface area (Å²) in [6.07, 6.45) is 0.0577. The van der Waals surface area contributed by atoms with Crippen LogP contribution >= 0.6 is 0 Å². The molecular weight excluding hydrogens is 202 g/mol. The fourth-order valence-electron chi connectivity index (χ4n) is 0.948. The summed E-state index contributed by atoms with van der Waals surface area (Å²) in [5.74, 6) is 0.110. The summed E-state index contributed by atoms with van der Waals surface area (Å²) in [5.41, 5.74) is 0. The number of nitrogens with one attached hydrogen (secondary N) is 1. The van der Waals surface area contributed by atoms with Gasteiger partial charge in [0.15, 0.2) is 9.84 Å². The van der Waals surface area contributed by atoms with Crippen LogP contribution in [0.2, 0.25) is 0 Å². The van der Waals surface area contributed by atoms with E-state index in [1.807, 2.05) is 14.0 Å². The number of hydrogen-bond acceptors (Lipinski definition) is 4. The summed E-state index contributed by atoms with van der Waals surface area (Å²) in [7, 11) is -1.12. The Kier molecular flexibility index (Phi) is 6.31. The Bertz CT molecular complexity index is 236. The van der Waals surface area contributed by atoms with E-state index in [0.717, 1.165) is 6.54 Å². The summed E-state index contributed by atoms with van der Waals surface area (Å²) in [6, 6.07) is 0. The van der Waals surface area contributed by atoms with E-state index in [2.05, 4.69) is 5.32 Å². The molecule has 0 saturated carbocycles. The minimum Gasteiger partial charge on any atom is -0.376 e. The molecule has 0 aliphatic heterocycles. The quantitative estimate of drug-likeness (QED) is 0.680. The van der Waals surface area contributed by atoms with Gasteiger partial charge >= 0.3 is 0 Å². The van der Waals surface area contributed by atoms with Gasteiger partial charge in [-0.05, 0) is 27.8 Å². The Labute approximate surface area is 86.9 Å². The van der Waals surface area contributed by atoms with Crippen LogP contribution in [-0.4, -0.2) is 45.7 Å². The highest BCUT2D eigenvalue weighted by atomic mass is 32.2. The largest absolute Gasteiger partial charge is 0.376 e. The van der Waals surface area contributed by atoms with Crippen molar-refractivity contribution in [2.24, 2.45) is 0 Å². The third-order valence-corrected chi connectivity index (χ3v) is 4.15. The van der Waals surface area contributed by atoms with Crippen LogP contribution in [0.5, 0.6) is 0 Å². The number of ether oxygens (including phenoxy) is 1. The molecule has 1 atom stereocenters. The molecule has 0 aromatic rings. The predicted octanol–water partition coefficient (Wildman–Crippen LogP) is 0.434. The van der Waals surface area contributed by atoms with Crippen LogP contribution in [0.3, 0.4) is 0 Å². The first-order chi connectivity index (χ1) is 6.40. The van der Waals surface area contributed by atoms with Crippen molar-refractivity contribution in [1.29, 1.82) is 0 Å². The summed E-state index contributed by atoms with van der Waals surface area (Å²) in [4.78, 5) is 0. The molecular formula is C9H21NO3S. The lowest BCUT2D eigenvalue weighted by Gasteiger charge is -2.13. The van der Waals surface area contributed by atoms with Crippen molar-refractivity contribution in [3.05, 3.63) is 0 Å². The van der Waals surface area contributed by atoms with Gasteiger partial charge in [0, 0.05) is 6.54 Å². The van der Waals surface area contributed by atoms with Crippen molar-refractivity contribution in [3.63, 3.8) is 0 Å². The van der Waals surface area contributed by atoms with Gasteiger partial charge in [0.25, 0.3) is 0 Å². The fraction of sp³-hybridized carbons (Fsp3) is 1.00. The van der Waals surface area contributed by atoms with Gasteiger partial charge in [0.1, 0.15) is 0 Å². The molecule has 0 radical (unpaired) electrons. The van der Waals surface area contributed by atoms with Crippen LogP contribution in [0.25, 0.3) is 0 Å². The average Bonchev–Trinajstić information content (AvgIpc) is 2.04. The predicted molar refractivity (Wildman–Crippen MR) is 58.3 cm³/mol. The van der Waals surface area contributed by atoms with Crippen molar-refractivity contribution in [3.8, 4) is 0 Å². The van der Waals surface area contributed by atoms with E-state index in [9.17, 15) is 8.42 Å². The maximum Gasteiger partial charge on any atom is 0.154 e. The van der Waals surface area contributed by atoms with Gasteiger partial charge in [-0.25, -0.2) is 8.42 Å². The molecule has 0 heterocycles. The zero-order chi connectivity index (χ0) is 11.2. The smallest absolute Gasteiger partial charge is 0.154 e. The first-order valence-electron chi connectivity index (χ1n) is 4.88. The van der Waals surface area contributed by atoms with E-state index < -0.39 is 9.84 Å². The van der Waals surface area contributed by atoms with Gasteiger partial charge in [0.2, 0.25) is 0 Å². The van der Waals surface area contributed by atoms with Gasteiger partial charge in [0.05, 0.1) is 23.7 Å². The van der Waals surface area contributed by atoms with Crippen molar-refractivity contribution < 1.29 is 13.2 Å². The molecule has 0 aliphatic rings. The molecule has 0 rings (SSSR count). The summed E-state index contributed by atoms with van der Waals surface area (Å²) < 4.78 is 28.1. The fourth-order valence-corrected chi connectivity index (χ4v) is 1.75. The Balaban J connectivity index is 3.74. The minimum atomic E-state index is -2.95. The maximum atomic E-state index is 11.4. The highest BCUT2D eigenvalue weighted by Gasteiger charge is 2.15. The number of hydrogen-bond donors (Lipinski definition) is 1. The lowest BCUT2D eigenvalue weighted by Crippen LogP contribution is -2.27. The molecule has 0 aromatic carbocycles. The van der Waals surface area contributed by atoms with E-state index in [1.54, 1.807) is 13.8 Å². The van der Waals surface area contributed by atoms with Crippen molar-refractivity contribution in [2.45, 2.75) is 32.1 Å². The third-order valence-electron chi connectivity index (χ3n) is 1.98. The molecule has 0 bridgehead atoms. The summed E-state index contributed by atoms with van der Waals surface area (Å²) in [6.45, 7) is 6.31. The van der Waals surface area contributed by atoms with E-state index >= 15 is 0 Å². The van der Waals surface area contributed by atoms with Crippen molar-refractivity contribution in [2.75, 3.05) is 26.0 Å². The highest BCUT2D eigenvalue weighted by molar-refractivity contribution is 7.91. The summed E-state index contributed by atoms with van der Waals surface area (Å²) >= 11 is 0. The van der Waals surface area contributed by atoms with Gasteiger partial charge in [-0.15, -0.1) is 0 Å². The molecule has 86 valence electrons. The van der Waals surface area contributed by atoms with Crippen LogP contribution < -0.4 is 5.32 Å². The van der Waals surface area contributed by atoms with Crippen LogP contribution in [0.4, 0.5) is 0 Å². The van der Waals surface area contributed by atoms with Crippen molar-refractivity contribution in [1.82, 2.24) is 5.32 Å². The normalized spacial score (nSPS) is 14.6. The molecule has 0 amide bonds. The number of likely N-dealkylation sites (N-methyl/N-ethyl adjacent to an activating group) is 1. The SMILES string of the molecule is CNCC(C)OCCS(=O)(=O)C(C)C. The Morgan fingerprint density at radius 2 is 1.86 bits per heavy atom. The lowest BCUT2D eigenvalue weighted by molar-refractivity contribution is 0.0788. The minimum absolute atomic E-state index is 0.0577. The van der Waals surface area contributed by atoms with Crippen LogP contribution in [0.15, 0.2) is 0 Å².